The van der Waals surface area contributed by atoms with Gasteiger partial charge in [-0.25, -0.2) is 0 Å². The monoisotopic (exact) mass is 459 g/mol. The number of hydrogen-bond acceptors (Lipinski definition) is 6. The van der Waals surface area contributed by atoms with E-state index in [-0.39, 0.29) is 11.5 Å². The summed E-state index contributed by atoms with van der Waals surface area (Å²) in [7, 11) is 3.00. The molecule has 9 heteroatoms. The van der Waals surface area contributed by atoms with Gasteiger partial charge in [0.15, 0.2) is 0 Å². The van der Waals surface area contributed by atoms with Crippen LogP contribution >= 0.6 is 23.4 Å². The van der Waals surface area contributed by atoms with Crippen molar-refractivity contribution in [3.05, 3.63) is 69.5 Å². The van der Waals surface area contributed by atoms with E-state index in [0.717, 1.165) is 5.56 Å². The van der Waals surface area contributed by atoms with Crippen LogP contribution in [0, 0.1) is 6.92 Å². The number of thioether (sulfide) groups is 1. The molecule has 7 nitrogen and oxygen atoms in total. The Morgan fingerprint density at radius 1 is 1.10 bits per heavy atom. The zero-order valence-electron chi connectivity index (χ0n) is 17.5. The third-order valence-electron chi connectivity index (χ3n) is 4.45. The largest absolute Gasteiger partial charge is 0.495 e. The molecule has 0 saturated heterocycles. The number of aryl methyl sites for hydroxylation is 1. The molecule has 31 heavy (non-hydrogen) atoms. The molecule has 1 aromatic heterocycles. The summed E-state index contributed by atoms with van der Waals surface area (Å²) in [6.07, 6.45) is 0. The Morgan fingerprint density at radius 2 is 1.77 bits per heavy atom. The molecule has 0 fully saturated rings. The minimum Gasteiger partial charge on any atom is -0.495 e. The topological polar surface area (TPSA) is 82.5 Å². The van der Waals surface area contributed by atoms with E-state index in [9.17, 15) is 9.59 Å². The van der Waals surface area contributed by atoms with E-state index in [2.05, 4.69) is 10.4 Å². The maximum absolute atomic E-state index is 12.8. The van der Waals surface area contributed by atoms with Crippen molar-refractivity contribution in [1.29, 1.82) is 0 Å². The van der Waals surface area contributed by atoms with Gasteiger partial charge in [0.25, 0.3) is 5.56 Å². The van der Waals surface area contributed by atoms with E-state index in [4.69, 9.17) is 21.1 Å². The number of carbonyl (C=O) groups excluding carboxylic acids is 1. The van der Waals surface area contributed by atoms with E-state index in [0.29, 0.717) is 32.9 Å². The van der Waals surface area contributed by atoms with Crippen molar-refractivity contribution >= 4 is 35.0 Å². The van der Waals surface area contributed by atoms with Crippen LogP contribution in [0.4, 0.5) is 5.69 Å². The van der Waals surface area contributed by atoms with Gasteiger partial charge in [0, 0.05) is 12.1 Å². The fourth-order valence-corrected chi connectivity index (χ4v) is 3.80. The van der Waals surface area contributed by atoms with E-state index < -0.39 is 5.25 Å². The van der Waals surface area contributed by atoms with Crippen molar-refractivity contribution in [1.82, 2.24) is 9.78 Å². The number of amides is 1. The van der Waals surface area contributed by atoms with Gasteiger partial charge in [-0.05, 0) is 38.1 Å². The van der Waals surface area contributed by atoms with E-state index in [1.807, 2.05) is 31.2 Å². The number of ether oxygens (including phenoxy) is 2. The maximum atomic E-state index is 12.8. The van der Waals surface area contributed by atoms with Gasteiger partial charge in [-0.15, -0.1) is 0 Å². The first-order valence-corrected chi connectivity index (χ1v) is 10.6. The number of anilines is 1. The van der Waals surface area contributed by atoms with Crippen LogP contribution in [0.2, 0.25) is 5.02 Å². The molecule has 0 radical (unpaired) electrons. The molecule has 0 aliphatic carbocycles. The number of nitrogens with one attached hydrogen (secondary N) is 1. The average molecular weight is 460 g/mol. The Morgan fingerprint density at radius 3 is 2.42 bits per heavy atom. The van der Waals surface area contributed by atoms with E-state index in [1.165, 1.54) is 36.7 Å². The third kappa shape index (κ3) is 5.39. The second-order valence-corrected chi connectivity index (χ2v) is 8.46. The number of methoxy groups -OCH3 is 2. The highest BCUT2D eigenvalue weighted by Crippen LogP contribution is 2.36. The second-order valence-electron chi connectivity index (χ2n) is 6.69. The van der Waals surface area contributed by atoms with Gasteiger partial charge < -0.3 is 14.8 Å². The van der Waals surface area contributed by atoms with Crippen LogP contribution < -0.4 is 20.3 Å². The Labute approximate surface area is 189 Å². The lowest BCUT2D eigenvalue weighted by Crippen LogP contribution is -2.24. The molecular weight excluding hydrogens is 438 g/mol. The van der Waals surface area contributed by atoms with Gasteiger partial charge in [-0.3, -0.25) is 9.59 Å². The summed E-state index contributed by atoms with van der Waals surface area (Å²) in [5.41, 5.74) is 1.93. The third-order valence-corrected chi connectivity index (χ3v) is 5.78. The Balaban J connectivity index is 1.77. The molecule has 0 unspecified atom stereocenters. The predicted octanol–water partition coefficient (Wildman–Crippen LogP) is 4.33. The summed E-state index contributed by atoms with van der Waals surface area (Å²) in [4.78, 5) is 25.0. The quantitative estimate of drug-likeness (QED) is 0.529. The number of aromatic nitrogens is 2. The lowest BCUT2D eigenvalue weighted by molar-refractivity contribution is -0.115. The molecule has 3 rings (SSSR count). The van der Waals surface area contributed by atoms with Gasteiger partial charge in [0.05, 0.1) is 35.9 Å². The molecule has 1 heterocycles. The average Bonchev–Trinajstić information content (AvgIpc) is 2.76. The lowest BCUT2D eigenvalue weighted by atomic mass is 10.2. The molecule has 3 aromatic rings. The number of hydrogen-bond donors (Lipinski definition) is 1. The number of rotatable bonds is 7. The first-order valence-electron chi connectivity index (χ1n) is 9.39. The minimum atomic E-state index is -0.498. The normalized spacial score (nSPS) is 11.6. The van der Waals surface area contributed by atoms with Crippen molar-refractivity contribution < 1.29 is 14.3 Å². The highest BCUT2D eigenvalue weighted by atomic mass is 35.5. The van der Waals surface area contributed by atoms with Gasteiger partial charge in [-0.2, -0.15) is 9.78 Å². The Hall–Kier alpha value is -2.97. The van der Waals surface area contributed by atoms with Crippen molar-refractivity contribution in [2.45, 2.75) is 24.1 Å². The van der Waals surface area contributed by atoms with Crippen LogP contribution in [-0.2, 0) is 4.79 Å². The highest BCUT2D eigenvalue weighted by Gasteiger charge is 2.19. The molecule has 0 aliphatic heterocycles. The van der Waals surface area contributed by atoms with Crippen LogP contribution in [-0.4, -0.2) is 35.2 Å². The SMILES string of the molecule is COc1cc(OC)c(NC(=O)[C@@H](C)Sc2ccc(=O)n(-c3ccc(C)cc3)n2)cc1Cl. The number of nitrogens with zero attached hydrogens (tertiary/aromatic N) is 2. The van der Waals surface area contributed by atoms with Crippen molar-refractivity contribution in [2.24, 2.45) is 0 Å². The fourth-order valence-electron chi connectivity index (χ4n) is 2.75. The summed E-state index contributed by atoms with van der Waals surface area (Å²) >= 11 is 7.41. The van der Waals surface area contributed by atoms with Gasteiger partial charge >= 0.3 is 0 Å². The fraction of sp³-hybridized carbons (Fsp3) is 0.227. The molecule has 1 atom stereocenters. The minimum absolute atomic E-state index is 0.247. The van der Waals surface area contributed by atoms with Crippen molar-refractivity contribution in [3.8, 4) is 17.2 Å². The molecule has 0 saturated carbocycles. The Bertz CT molecular complexity index is 1150. The molecule has 0 spiro atoms. The summed E-state index contributed by atoms with van der Waals surface area (Å²) in [6.45, 7) is 3.72. The van der Waals surface area contributed by atoms with Crippen LogP contribution in [0.3, 0.4) is 0 Å². The molecule has 1 N–H and O–H groups in total. The first kappa shape index (κ1) is 22.7. The summed E-state index contributed by atoms with van der Waals surface area (Å²) < 4.78 is 11.8. The highest BCUT2D eigenvalue weighted by molar-refractivity contribution is 8.00. The van der Waals surface area contributed by atoms with Crippen LogP contribution in [0.5, 0.6) is 11.5 Å². The molecule has 1 amide bonds. The summed E-state index contributed by atoms with van der Waals surface area (Å²) in [6, 6.07) is 13.7. The van der Waals surface area contributed by atoms with Crippen LogP contribution in [0.1, 0.15) is 12.5 Å². The first-order chi connectivity index (χ1) is 14.8. The van der Waals surface area contributed by atoms with Gasteiger partial charge in [-0.1, -0.05) is 41.1 Å². The molecule has 0 bridgehead atoms. The zero-order valence-corrected chi connectivity index (χ0v) is 19.1. The molecule has 2 aromatic carbocycles. The predicted molar refractivity (Wildman–Crippen MR) is 123 cm³/mol. The van der Waals surface area contributed by atoms with Crippen molar-refractivity contribution in [3.63, 3.8) is 0 Å². The van der Waals surface area contributed by atoms with Crippen LogP contribution in [0.25, 0.3) is 5.69 Å². The number of halogens is 1. The van der Waals surface area contributed by atoms with Gasteiger partial charge in [0.1, 0.15) is 16.5 Å². The molecular formula is C22H22ClN3O4S. The summed E-state index contributed by atoms with van der Waals surface area (Å²) in [5.74, 6) is 0.610. The van der Waals surface area contributed by atoms with Crippen molar-refractivity contribution in [2.75, 3.05) is 19.5 Å². The summed E-state index contributed by atoms with van der Waals surface area (Å²) in [5, 5.41) is 7.61. The molecule has 162 valence electrons. The molecule has 0 aliphatic rings. The standard InChI is InChI=1S/C22H22ClN3O4S/c1-13-5-7-15(8-6-13)26-21(27)10-9-20(25-26)31-14(2)22(28)24-17-11-16(23)18(29-3)12-19(17)30-4/h5-12,14H,1-4H3,(H,24,28)/t14-/m1/s1. The Kier molecular flexibility index (Phi) is 7.25. The van der Waals surface area contributed by atoms with E-state index >= 15 is 0 Å². The number of benzene rings is 2. The van der Waals surface area contributed by atoms with Gasteiger partial charge in [0.2, 0.25) is 5.91 Å². The smallest absolute Gasteiger partial charge is 0.271 e. The number of carbonyl (C=O) groups is 1. The maximum Gasteiger partial charge on any atom is 0.271 e. The van der Waals surface area contributed by atoms with E-state index in [1.54, 1.807) is 25.1 Å². The lowest BCUT2D eigenvalue weighted by Gasteiger charge is -2.16. The second kappa shape index (κ2) is 9.89. The zero-order chi connectivity index (χ0) is 22.5. The van der Waals surface area contributed by atoms with Crippen LogP contribution in [0.15, 0.2) is 58.4 Å².